The number of hydrogen-bond donors (Lipinski definition) is 1. The Morgan fingerprint density at radius 2 is 0.980 bits per heavy atom. The van der Waals surface area contributed by atoms with Gasteiger partial charge >= 0.3 is 5.97 Å². The lowest BCUT2D eigenvalue weighted by Gasteiger charge is -2.32. The first-order valence-electron chi connectivity index (χ1n) is 20.7. The molecule has 0 aromatic carbocycles. The van der Waals surface area contributed by atoms with Gasteiger partial charge in [-0.15, -0.1) is 0 Å². The molecule has 1 N–H and O–H groups in total. The lowest BCUT2D eigenvalue weighted by molar-refractivity contribution is -0.870. The normalized spacial score (nSPS) is 14.4. The third-order valence-electron chi connectivity index (χ3n) is 9.38. The molecular formula is C40H80NO8P. The molecule has 0 rings (SSSR count). The number of esters is 1. The molecule has 0 bridgehead atoms. The van der Waals surface area contributed by atoms with E-state index >= 15 is 0 Å². The summed E-state index contributed by atoms with van der Waals surface area (Å²) in [4.78, 5) is 38.7. The standard InChI is InChI=1S/C40H80NO8P/c1-6-8-10-12-14-16-18-20-22-24-26-28-30-32-37(43)40(49-50(45,46)47-35-34-41(3,4)5)38(36-42)48-39(44)33-31-29-27-25-23-21-19-17-15-13-11-9-7-2/h38,40,42H,6-36H2,1-5H3/t38-,40?/m0/s1. The van der Waals surface area contributed by atoms with Crippen LogP contribution in [0.4, 0.5) is 0 Å². The summed E-state index contributed by atoms with van der Waals surface area (Å²) in [7, 11) is 0.804. The van der Waals surface area contributed by atoms with Gasteiger partial charge in [-0.05, 0) is 12.8 Å². The summed E-state index contributed by atoms with van der Waals surface area (Å²) in [6, 6.07) is 0. The molecule has 50 heavy (non-hydrogen) atoms. The topological polar surface area (TPSA) is 122 Å². The Kier molecular flexibility index (Phi) is 32.2. The lowest BCUT2D eigenvalue weighted by atomic mass is 10.0. The third-order valence-corrected chi connectivity index (χ3v) is 10.4. The van der Waals surface area contributed by atoms with E-state index < -0.39 is 38.4 Å². The molecule has 0 spiro atoms. The molecule has 9 nitrogen and oxygen atoms in total. The van der Waals surface area contributed by atoms with Gasteiger partial charge in [-0.3, -0.25) is 14.2 Å². The first kappa shape index (κ1) is 49.2. The number of ketones is 1. The first-order chi connectivity index (χ1) is 24.0. The highest BCUT2D eigenvalue weighted by atomic mass is 31.2. The van der Waals surface area contributed by atoms with E-state index in [-0.39, 0.29) is 19.4 Å². The van der Waals surface area contributed by atoms with Crippen LogP contribution in [0.2, 0.25) is 0 Å². The van der Waals surface area contributed by atoms with Crippen LogP contribution in [0.1, 0.15) is 194 Å². The van der Waals surface area contributed by atoms with Gasteiger partial charge in [-0.1, -0.05) is 168 Å². The van der Waals surface area contributed by atoms with Crippen LogP contribution in [-0.2, 0) is 27.9 Å². The number of nitrogens with zero attached hydrogens (tertiary/aromatic N) is 1. The molecule has 0 radical (unpaired) electrons. The minimum Gasteiger partial charge on any atom is -0.756 e. The summed E-state index contributed by atoms with van der Waals surface area (Å²) in [5.41, 5.74) is 0. The summed E-state index contributed by atoms with van der Waals surface area (Å²) in [6.07, 6.45) is 27.8. The van der Waals surface area contributed by atoms with E-state index in [2.05, 4.69) is 13.8 Å². The first-order valence-corrected chi connectivity index (χ1v) is 22.2. The highest BCUT2D eigenvalue weighted by molar-refractivity contribution is 7.45. The van der Waals surface area contributed by atoms with Crippen LogP contribution in [0.5, 0.6) is 0 Å². The number of aliphatic hydroxyl groups is 1. The number of carbonyl (C=O) groups excluding carboxylic acids is 2. The molecule has 0 saturated heterocycles. The summed E-state index contributed by atoms with van der Waals surface area (Å²) < 4.78 is 29.0. The maximum absolute atomic E-state index is 13.3. The number of ether oxygens (including phenoxy) is 1. The van der Waals surface area contributed by atoms with Crippen molar-refractivity contribution in [3.63, 3.8) is 0 Å². The molecule has 0 saturated carbocycles. The fourth-order valence-electron chi connectivity index (χ4n) is 6.10. The van der Waals surface area contributed by atoms with Gasteiger partial charge in [0.2, 0.25) is 0 Å². The Bertz CT molecular complexity index is 850. The van der Waals surface area contributed by atoms with Crippen LogP contribution < -0.4 is 4.89 Å². The molecule has 0 aliphatic rings. The van der Waals surface area contributed by atoms with Crippen LogP contribution >= 0.6 is 7.82 Å². The molecule has 0 heterocycles. The number of hydrogen-bond acceptors (Lipinski definition) is 8. The highest BCUT2D eigenvalue weighted by Crippen LogP contribution is 2.41. The Hall–Kier alpha value is -0.830. The van der Waals surface area contributed by atoms with Gasteiger partial charge in [0.05, 0.1) is 27.7 Å². The second-order valence-electron chi connectivity index (χ2n) is 15.5. The van der Waals surface area contributed by atoms with Gasteiger partial charge in [0, 0.05) is 12.8 Å². The molecule has 0 amide bonds. The van der Waals surface area contributed by atoms with Gasteiger partial charge in [-0.25, -0.2) is 0 Å². The van der Waals surface area contributed by atoms with Gasteiger partial charge in [-0.2, -0.15) is 0 Å². The number of carbonyl (C=O) groups is 2. The zero-order chi connectivity index (χ0) is 37.4. The largest absolute Gasteiger partial charge is 0.756 e. The van der Waals surface area contributed by atoms with Crippen molar-refractivity contribution in [3.05, 3.63) is 0 Å². The average molecular weight is 734 g/mol. The maximum atomic E-state index is 13.3. The molecule has 2 unspecified atom stereocenters. The Morgan fingerprint density at radius 1 is 0.620 bits per heavy atom. The number of unbranched alkanes of at least 4 members (excludes halogenated alkanes) is 24. The fraction of sp³-hybridized carbons (Fsp3) is 0.950. The van der Waals surface area contributed by atoms with E-state index in [4.69, 9.17) is 13.8 Å². The van der Waals surface area contributed by atoms with Gasteiger partial charge in [0.25, 0.3) is 7.82 Å². The van der Waals surface area contributed by atoms with Crippen molar-refractivity contribution in [3.8, 4) is 0 Å². The van der Waals surface area contributed by atoms with Crippen molar-refractivity contribution in [1.82, 2.24) is 0 Å². The van der Waals surface area contributed by atoms with Crippen LogP contribution in [0.15, 0.2) is 0 Å². The van der Waals surface area contributed by atoms with E-state index in [0.717, 1.165) is 38.5 Å². The number of likely N-dealkylation sites (N-methyl/N-ethyl adjacent to an activating group) is 1. The molecule has 3 atom stereocenters. The number of aliphatic hydroxyl groups excluding tert-OH is 1. The number of phosphoric acid groups is 1. The van der Waals surface area contributed by atoms with Crippen molar-refractivity contribution in [2.45, 2.75) is 206 Å². The number of quaternary nitrogens is 1. The van der Waals surface area contributed by atoms with E-state index in [1.165, 1.54) is 116 Å². The molecule has 0 aliphatic carbocycles. The van der Waals surface area contributed by atoms with Crippen molar-refractivity contribution in [2.75, 3.05) is 40.9 Å². The quantitative estimate of drug-likeness (QED) is 0.0288. The zero-order valence-corrected chi connectivity index (χ0v) is 34.2. The molecule has 10 heteroatoms. The SMILES string of the molecule is CCCCCCCCCCCCCCCC(=O)O[C@@H](CO)C(OP(=O)([O-])OCC[N+](C)(C)C)C(=O)CCCCCCCCCCCCCCC. The molecular weight excluding hydrogens is 653 g/mol. The number of Topliss-reactive ketones (excluding diaryl/α,β-unsaturated/α-hetero) is 1. The monoisotopic (exact) mass is 734 g/mol. The Balaban J connectivity index is 4.67. The molecule has 0 aliphatic heterocycles. The number of phosphoric ester groups is 1. The Labute approximate surface area is 308 Å². The molecule has 0 aromatic heterocycles. The third kappa shape index (κ3) is 31.9. The van der Waals surface area contributed by atoms with Crippen molar-refractivity contribution >= 4 is 19.6 Å². The van der Waals surface area contributed by atoms with E-state index in [1.54, 1.807) is 0 Å². The van der Waals surface area contributed by atoms with Crippen molar-refractivity contribution in [2.24, 2.45) is 0 Å². The van der Waals surface area contributed by atoms with E-state index in [0.29, 0.717) is 23.9 Å². The van der Waals surface area contributed by atoms with Gasteiger partial charge in [0.1, 0.15) is 13.2 Å². The summed E-state index contributed by atoms with van der Waals surface area (Å²) >= 11 is 0. The Morgan fingerprint density at radius 3 is 1.34 bits per heavy atom. The number of rotatable bonds is 38. The van der Waals surface area contributed by atoms with Crippen LogP contribution in [0.3, 0.4) is 0 Å². The highest BCUT2D eigenvalue weighted by Gasteiger charge is 2.35. The second-order valence-corrected chi connectivity index (χ2v) is 16.8. The average Bonchev–Trinajstić information content (AvgIpc) is 3.06. The fourth-order valence-corrected chi connectivity index (χ4v) is 7.00. The van der Waals surface area contributed by atoms with Crippen LogP contribution in [-0.4, -0.2) is 74.5 Å². The second kappa shape index (κ2) is 32.8. The van der Waals surface area contributed by atoms with Gasteiger partial charge < -0.3 is 28.3 Å². The zero-order valence-electron chi connectivity index (χ0n) is 33.3. The summed E-state index contributed by atoms with van der Waals surface area (Å²) in [5.74, 6) is -1.08. The van der Waals surface area contributed by atoms with Gasteiger partial charge in [0.15, 0.2) is 18.0 Å². The predicted molar refractivity (Wildman–Crippen MR) is 204 cm³/mol. The molecule has 298 valence electrons. The van der Waals surface area contributed by atoms with Crippen LogP contribution in [0.25, 0.3) is 0 Å². The van der Waals surface area contributed by atoms with Crippen LogP contribution in [0, 0.1) is 0 Å². The molecule has 0 aromatic rings. The van der Waals surface area contributed by atoms with E-state index in [9.17, 15) is 24.2 Å². The smallest absolute Gasteiger partial charge is 0.306 e. The molecule has 0 fully saturated rings. The summed E-state index contributed by atoms with van der Waals surface area (Å²) in [6.45, 7) is 4.04. The minimum absolute atomic E-state index is 0.0776. The summed E-state index contributed by atoms with van der Waals surface area (Å²) in [5, 5.41) is 10.1. The van der Waals surface area contributed by atoms with Crippen molar-refractivity contribution in [1.29, 1.82) is 0 Å². The van der Waals surface area contributed by atoms with E-state index in [1.807, 2.05) is 21.1 Å². The minimum atomic E-state index is -4.91. The van der Waals surface area contributed by atoms with Crippen molar-refractivity contribution < 1.29 is 42.4 Å². The lowest BCUT2D eigenvalue weighted by Crippen LogP contribution is -2.43. The maximum Gasteiger partial charge on any atom is 0.306 e. The predicted octanol–water partition coefficient (Wildman–Crippen LogP) is 10.00.